The second-order valence-electron chi connectivity index (χ2n) is 12.6. The van der Waals surface area contributed by atoms with Gasteiger partial charge in [-0.05, 0) is 67.7 Å². The summed E-state index contributed by atoms with van der Waals surface area (Å²) in [5.41, 5.74) is 4.15. The number of carbonyl (C=O) groups is 1. The SMILES string of the molecule is COc1c(NC(=O)c2ccc(C)c(Nc3ncnc4cnc(N5CCCN(C)CC5)nc34)c2)cc(C(C)(C)C)cc1NS(C)(=O)=O. The lowest BCUT2D eigenvalue weighted by Gasteiger charge is -2.24. The highest BCUT2D eigenvalue weighted by molar-refractivity contribution is 7.92. The number of methoxy groups -OCH3 is 1. The molecule has 2 aromatic heterocycles. The number of ether oxygens (including phenoxy) is 1. The van der Waals surface area contributed by atoms with Gasteiger partial charge in [0.05, 0.1) is 30.9 Å². The first-order valence-corrected chi connectivity index (χ1v) is 16.9. The molecule has 0 bridgehead atoms. The van der Waals surface area contributed by atoms with Crippen molar-refractivity contribution in [1.82, 2.24) is 24.8 Å². The molecule has 3 heterocycles. The number of hydrogen-bond acceptors (Lipinski definition) is 11. The molecule has 4 aromatic rings. The fraction of sp³-hybridized carbons (Fsp3) is 0.406. The van der Waals surface area contributed by atoms with Gasteiger partial charge in [0.2, 0.25) is 16.0 Å². The largest absolute Gasteiger partial charge is 0.492 e. The van der Waals surface area contributed by atoms with Gasteiger partial charge >= 0.3 is 0 Å². The molecule has 1 fully saturated rings. The molecule has 0 spiro atoms. The Hall–Kier alpha value is -4.56. The number of anilines is 5. The van der Waals surface area contributed by atoms with Crippen molar-refractivity contribution in [1.29, 1.82) is 0 Å². The molecule has 1 aliphatic rings. The highest BCUT2D eigenvalue weighted by Crippen LogP contribution is 2.39. The van der Waals surface area contributed by atoms with Gasteiger partial charge in [0.1, 0.15) is 17.4 Å². The lowest BCUT2D eigenvalue weighted by molar-refractivity contribution is 0.102. The lowest BCUT2D eigenvalue weighted by Crippen LogP contribution is -2.30. The second-order valence-corrected chi connectivity index (χ2v) is 14.4. The zero-order chi connectivity index (χ0) is 33.2. The Kier molecular flexibility index (Phi) is 9.31. The summed E-state index contributed by atoms with van der Waals surface area (Å²) in [5, 5.41) is 6.29. The molecule has 0 unspecified atom stereocenters. The number of benzene rings is 2. The molecule has 1 saturated heterocycles. The summed E-state index contributed by atoms with van der Waals surface area (Å²) >= 11 is 0. The number of carbonyl (C=O) groups excluding carboxylic acids is 1. The fourth-order valence-corrected chi connectivity index (χ4v) is 5.76. The van der Waals surface area contributed by atoms with Crippen molar-refractivity contribution in [3.8, 4) is 5.75 Å². The molecule has 0 atom stereocenters. The summed E-state index contributed by atoms with van der Waals surface area (Å²) in [6, 6.07) is 8.82. The number of rotatable bonds is 8. The number of aryl methyl sites for hydroxylation is 1. The van der Waals surface area contributed by atoms with Crippen molar-refractivity contribution in [2.75, 3.05) is 66.8 Å². The predicted octanol–water partition coefficient (Wildman–Crippen LogP) is 4.54. The van der Waals surface area contributed by atoms with Crippen LogP contribution in [0.5, 0.6) is 5.75 Å². The zero-order valence-electron chi connectivity index (χ0n) is 27.3. The number of likely N-dealkylation sites (N-methyl/N-ethyl adjacent to an activating group) is 1. The summed E-state index contributed by atoms with van der Waals surface area (Å²) < 4.78 is 32.3. The van der Waals surface area contributed by atoms with Crippen molar-refractivity contribution in [2.24, 2.45) is 0 Å². The molecule has 244 valence electrons. The summed E-state index contributed by atoms with van der Waals surface area (Å²) in [4.78, 5) is 36.4. The van der Waals surface area contributed by atoms with Crippen molar-refractivity contribution >= 4 is 55.8 Å². The van der Waals surface area contributed by atoms with Crippen LogP contribution in [0.4, 0.5) is 28.8 Å². The minimum Gasteiger partial charge on any atom is -0.492 e. The number of aromatic nitrogens is 4. The Bertz CT molecular complexity index is 1880. The maximum Gasteiger partial charge on any atom is 0.255 e. The van der Waals surface area contributed by atoms with Crippen molar-refractivity contribution < 1.29 is 17.9 Å². The van der Waals surface area contributed by atoms with E-state index in [2.05, 4.69) is 47.2 Å². The molecular weight excluding hydrogens is 606 g/mol. The molecule has 0 aliphatic carbocycles. The average molecular weight is 648 g/mol. The molecule has 46 heavy (non-hydrogen) atoms. The predicted molar refractivity (Wildman–Crippen MR) is 182 cm³/mol. The number of hydrogen-bond donors (Lipinski definition) is 3. The van der Waals surface area contributed by atoms with Crippen LogP contribution in [0.15, 0.2) is 42.9 Å². The molecule has 1 aliphatic heterocycles. The smallest absolute Gasteiger partial charge is 0.255 e. The maximum atomic E-state index is 13.7. The van der Waals surface area contributed by atoms with Crippen molar-refractivity contribution in [2.45, 2.75) is 39.5 Å². The van der Waals surface area contributed by atoms with Crippen LogP contribution in [0.3, 0.4) is 0 Å². The Morgan fingerprint density at radius 1 is 0.978 bits per heavy atom. The summed E-state index contributed by atoms with van der Waals surface area (Å²) in [5.74, 6) is 0.927. The van der Waals surface area contributed by atoms with Gasteiger partial charge in [-0.2, -0.15) is 0 Å². The first-order valence-electron chi connectivity index (χ1n) is 15.0. The quantitative estimate of drug-likeness (QED) is 0.247. The third kappa shape index (κ3) is 7.62. The second kappa shape index (κ2) is 13.0. The van der Waals surface area contributed by atoms with Crippen LogP contribution in [-0.2, 0) is 15.4 Å². The van der Waals surface area contributed by atoms with Gasteiger partial charge in [-0.25, -0.2) is 28.4 Å². The molecule has 1 amide bonds. The van der Waals surface area contributed by atoms with E-state index < -0.39 is 15.9 Å². The van der Waals surface area contributed by atoms with Crippen LogP contribution in [0.1, 0.15) is 48.7 Å². The zero-order valence-corrected chi connectivity index (χ0v) is 28.1. The van der Waals surface area contributed by atoms with E-state index in [1.165, 1.54) is 13.4 Å². The highest BCUT2D eigenvalue weighted by atomic mass is 32.2. The highest BCUT2D eigenvalue weighted by Gasteiger charge is 2.23. The Morgan fingerprint density at radius 2 is 1.74 bits per heavy atom. The van der Waals surface area contributed by atoms with E-state index in [1.807, 2.05) is 33.8 Å². The van der Waals surface area contributed by atoms with Gasteiger partial charge < -0.3 is 25.2 Å². The van der Waals surface area contributed by atoms with Gasteiger partial charge in [0.15, 0.2) is 11.6 Å². The van der Waals surface area contributed by atoms with Crippen LogP contribution in [0, 0.1) is 6.92 Å². The van der Waals surface area contributed by atoms with Gasteiger partial charge in [0, 0.05) is 30.9 Å². The van der Waals surface area contributed by atoms with Crippen molar-refractivity contribution in [3.05, 3.63) is 59.5 Å². The van der Waals surface area contributed by atoms with E-state index in [1.54, 1.807) is 30.5 Å². The van der Waals surface area contributed by atoms with Crippen LogP contribution >= 0.6 is 0 Å². The van der Waals surface area contributed by atoms with E-state index in [0.29, 0.717) is 39.7 Å². The van der Waals surface area contributed by atoms with Gasteiger partial charge in [-0.15, -0.1) is 0 Å². The van der Waals surface area contributed by atoms with E-state index in [4.69, 9.17) is 9.72 Å². The van der Waals surface area contributed by atoms with Gasteiger partial charge in [0.25, 0.3) is 5.91 Å². The van der Waals surface area contributed by atoms with E-state index >= 15 is 0 Å². The molecule has 3 N–H and O–H groups in total. The minimum atomic E-state index is -3.61. The Balaban J connectivity index is 1.46. The molecule has 0 radical (unpaired) electrons. The van der Waals surface area contributed by atoms with Crippen LogP contribution in [-0.4, -0.2) is 85.8 Å². The molecule has 2 aromatic carbocycles. The maximum absolute atomic E-state index is 13.7. The van der Waals surface area contributed by atoms with Crippen LogP contribution in [0.2, 0.25) is 0 Å². The Labute approximate surface area is 269 Å². The van der Waals surface area contributed by atoms with Gasteiger partial charge in [-0.1, -0.05) is 26.8 Å². The number of nitrogens with zero attached hydrogens (tertiary/aromatic N) is 6. The molecule has 0 saturated carbocycles. The topological polar surface area (TPSA) is 155 Å². The lowest BCUT2D eigenvalue weighted by atomic mass is 9.86. The van der Waals surface area contributed by atoms with Crippen LogP contribution < -0.4 is 25.0 Å². The molecular formula is C32H41N9O4S. The third-order valence-corrected chi connectivity index (χ3v) is 8.41. The molecule has 5 rings (SSSR count). The number of sulfonamides is 1. The fourth-order valence-electron chi connectivity index (χ4n) is 5.21. The first-order chi connectivity index (χ1) is 21.7. The third-order valence-electron chi connectivity index (χ3n) is 7.82. The van der Waals surface area contributed by atoms with Crippen LogP contribution in [0.25, 0.3) is 11.0 Å². The van der Waals surface area contributed by atoms with E-state index in [-0.39, 0.29) is 16.9 Å². The first kappa shape index (κ1) is 32.8. The number of nitrogens with one attached hydrogen (secondary N) is 3. The average Bonchev–Trinajstić information content (AvgIpc) is 3.21. The van der Waals surface area contributed by atoms with E-state index in [0.717, 1.165) is 50.0 Å². The monoisotopic (exact) mass is 647 g/mol. The van der Waals surface area contributed by atoms with Crippen molar-refractivity contribution in [3.63, 3.8) is 0 Å². The molecule has 13 nitrogen and oxygen atoms in total. The minimum absolute atomic E-state index is 0.205. The van der Waals surface area contributed by atoms with Gasteiger partial charge in [-0.3, -0.25) is 9.52 Å². The standard InChI is InChI=1S/C32H41N9O4S/c1-20-9-10-21(30(42)37-24-16-22(32(2,3)4)17-25(28(24)45-6)39-46(7,43)44)15-23(20)36-29-27-26(34-19-35-29)18-33-31(38-27)41-12-8-11-40(5)13-14-41/h9-10,15-19,39H,8,11-14H2,1-7H3,(H,37,42)(H,34,35,36). The summed E-state index contributed by atoms with van der Waals surface area (Å²) in [6.45, 7) is 11.6. The van der Waals surface area contributed by atoms with E-state index in [9.17, 15) is 13.2 Å². The summed E-state index contributed by atoms with van der Waals surface area (Å²) in [7, 11) is -0.0719. The molecule has 14 heteroatoms. The number of fused-ring (bicyclic) bond motifs is 1. The number of amides is 1. The summed E-state index contributed by atoms with van der Waals surface area (Å²) in [6.07, 6.45) is 5.25. The Morgan fingerprint density at radius 3 is 2.46 bits per heavy atom. The normalized spacial score (nSPS) is 14.5.